The lowest BCUT2D eigenvalue weighted by Crippen LogP contribution is -2.50. The van der Waals surface area contributed by atoms with Gasteiger partial charge in [0.25, 0.3) is 0 Å². The van der Waals surface area contributed by atoms with E-state index in [1.807, 2.05) is 35.0 Å². The third kappa shape index (κ3) is 4.11. The number of carbonyl (C=O) groups excluding carboxylic acids is 1. The van der Waals surface area contributed by atoms with Gasteiger partial charge in [-0.15, -0.1) is 0 Å². The summed E-state index contributed by atoms with van der Waals surface area (Å²) in [6.07, 6.45) is -2.61. The summed E-state index contributed by atoms with van der Waals surface area (Å²) in [5.41, 5.74) is 5.10. The number of ether oxygens (including phenoxy) is 1. The fourth-order valence-electron chi connectivity index (χ4n) is 3.82. The van der Waals surface area contributed by atoms with Crippen molar-refractivity contribution in [2.75, 3.05) is 32.2 Å². The first kappa shape index (κ1) is 21.2. The molecule has 0 spiro atoms. The number of nitrogens with one attached hydrogen (secondary N) is 1. The normalized spacial score (nSPS) is 14.7. The highest BCUT2D eigenvalue weighted by molar-refractivity contribution is 5.87. The Morgan fingerprint density at radius 2 is 1.87 bits per heavy atom. The SMILES string of the molecule is CONCc1cn(-c2cccc(N3CC(C(=O)OC)C3)c2)c2ccc(C(F)(F)F)cc12. The van der Waals surface area contributed by atoms with E-state index in [1.54, 1.807) is 0 Å². The monoisotopic (exact) mass is 433 g/mol. The number of fused-ring (bicyclic) bond motifs is 1. The van der Waals surface area contributed by atoms with Crippen molar-refractivity contribution >= 4 is 22.6 Å². The topological polar surface area (TPSA) is 55.7 Å². The van der Waals surface area contributed by atoms with Crippen LogP contribution in [0.3, 0.4) is 0 Å². The van der Waals surface area contributed by atoms with Crippen molar-refractivity contribution in [2.24, 2.45) is 5.92 Å². The highest BCUT2D eigenvalue weighted by Gasteiger charge is 2.34. The lowest BCUT2D eigenvalue weighted by atomic mass is 9.99. The van der Waals surface area contributed by atoms with Crippen LogP contribution in [0.4, 0.5) is 18.9 Å². The first-order valence-corrected chi connectivity index (χ1v) is 9.72. The van der Waals surface area contributed by atoms with E-state index in [4.69, 9.17) is 9.57 Å². The molecule has 0 atom stereocenters. The van der Waals surface area contributed by atoms with E-state index in [-0.39, 0.29) is 18.4 Å². The van der Waals surface area contributed by atoms with E-state index in [1.165, 1.54) is 26.4 Å². The van der Waals surface area contributed by atoms with Crippen molar-refractivity contribution in [3.05, 3.63) is 59.8 Å². The summed E-state index contributed by atoms with van der Waals surface area (Å²) >= 11 is 0. The van der Waals surface area contributed by atoms with E-state index in [0.29, 0.717) is 29.6 Å². The second-order valence-electron chi connectivity index (χ2n) is 7.42. The predicted molar refractivity (Wildman–Crippen MR) is 110 cm³/mol. The summed E-state index contributed by atoms with van der Waals surface area (Å²) in [5, 5.41) is 0.500. The molecule has 0 saturated carbocycles. The average Bonchev–Trinajstić information content (AvgIpc) is 3.08. The number of hydrogen-bond donors (Lipinski definition) is 1. The minimum absolute atomic E-state index is 0.145. The minimum Gasteiger partial charge on any atom is -0.469 e. The molecule has 4 rings (SSSR count). The second-order valence-corrected chi connectivity index (χ2v) is 7.42. The third-order valence-corrected chi connectivity index (χ3v) is 5.51. The number of benzene rings is 2. The van der Waals surface area contributed by atoms with Crippen LogP contribution in [-0.4, -0.2) is 37.8 Å². The third-order valence-electron chi connectivity index (χ3n) is 5.51. The molecule has 1 aromatic heterocycles. The molecular weight excluding hydrogens is 411 g/mol. The number of halogens is 3. The maximum atomic E-state index is 13.2. The maximum Gasteiger partial charge on any atom is 0.416 e. The molecular formula is C22H22F3N3O3. The Kier molecular flexibility index (Phi) is 5.63. The van der Waals surface area contributed by atoms with Crippen molar-refractivity contribution < 1.29 is 27.5 Å². The number of methoxy groups -OCH3 is 1. The largest absolute Gasteiger partial charge is 0.469 e. The number of alkyl halides is 3. The molecule has 164 valence electrons. The molecule has 3 aromatic rings. The first-order valence-electron chi connectivity index (χ1n) is 9.72. The minimum atomic E-state index is -4.42. The molecule has 31 heavy (non-hydrogen) atoms. The summed E-state index contributed by atoms with van der Waals surface area (Å²) in [5.74, 6) is -0.367. The Labute approximate surface area is 177 Å². The fourth-order valence-corrected chi connectivity index (χ4v) is 3.82. The Morgan fingerprint density at radius 1 is 1.13 bits per heavy atom. The van der Waals surface area contributed by atoms with Crippen molar-refractivity contribution in [3.8, 4) is 5.69 Å². The van der Waals surface area contributed by atoms with Crippen molar-refractivity contribution in [1.29, 1.82) is 0 Å². The Hall–Kier alpha value is -3.04. The number of rotatable bonds is 6. The summed E-state index contributed by atoms with van der Waals surface area (Å²) in [7, 11) is 2.83. The molecule has 0 unspecified atom stereocenters. The quantitative estimate of drug-likeness (QED) is 0.472. The molecule has 6 nitrogen and oxygen atoms in total. The fraction of sp³-hybridized carbons (Fsp3) is 0.318. The molecule has 1 N–H and O–H groups in total. The number of hydroxylamine groups is 1. The first-order chi connectivity index (χ1) is 14.8. The van der Waals surface area contributed by atoms with E-state index in [2.05, 4.69) is 10.4 Å². The highest BCUT2D eigenvalue weighted by Crippen LogP contribution is 2.35. The summed E-state index contributed by atoms with van der Waals surface area (Å²) in [6.45, 7) is 1.40. The van der Waals surface area contributed by atoms with Gasteiger partial charge in [-0.25, -0.2) is 0 Å². The highest BCUT2D eigenvalue weighted by atomic mass is 19.4. The molecule has 0 aliphatic carbocycles. The smallest absolute Gasteiger partial charge is 0.416 e. The molecule has 2 aromatic carbocycles. The summed E-state index contributed by atoms with van der Waals surface area (Å²) in [6, 6.07) is 11.4. The zero-order chi connectivity index (χ0) is 22.2. The zero-order valence-corrected chi connectivity index (χ0v) is 17.1. The van der Waals surface area contributed by atoms with Crippen molar-refractivity contribution in [1.82, 2.24) is 10.0 Å². The lowest BCUT2D eigenvalue weighted by Gasteiger charge is -2.39. The van der Waals surface area contributed by atoms with E-state index >= 15 is 0 Å². The van der Waals surface area contributed by atoms with Gasteiger partial charge in [-0.05, 0) is 42.0 Å². The van der Waals surface area contributed by atoms with Gasteiger partial charge in [0.1, 0.15) is 0 Å². The Balaban J connectivity index is 1.70. The molecule has 0 amide bonds. The van der Waals surface area contributed by atoms with Crippen LogP contribution in [0.5, 0.6) is 0 Å². The van der Waals surface area contributed by atoms with Gasteiger partial charge in [-0.3, -0.25) is 4.79 Å². The lowest BCUT2D eigenvalue weighted by molar-refractivity contribution is -0.146. The summed E-state index contributed by atoms with van der Waals surface area (Å²) in [4.78, 5) is 18.6. The van der Waals surface area contributed by atoms with Crippen LogP contribution in [0, 0.1) is 5.92 Å². The van der Waals surface area contributed by atoms with Crippen molar-refractivity contribution in [3.63, 3.8) is 0 Å². The molecule has 1 saturated heterocycles. The van der Waals surface area contributed by atoms with Gasteiger partial charge in [0.2, 0.25) is 0 Å². The van der Waals surface area contributed by atoms with Crippen LogP contribution in [-0.2, 0) is 27.1 Å². The maximum absolute atomic E-state index is 13.2. The number of anilines is 1. The number of aromatic nitrogens is 1. The van der Waals surface area contributed by atoms with Crippen LogP contribution in [0.15, 0.2) is 48.7 Å². The van der Waals surface area contributed by atoms with Gasteiger partial charge in [0, 0.05) is 42.6 Å². The Bertz CT molecular complexity index is 1100. The number of carbonyl (C=O) groups is 1. The van der Waals surface area contributed by atoms with Gasteiger partial charge in [0.05, 0.1) is 31.2 Å². The van der Waals surface area contributed by atoms with Crippen LogP contribution < -0.4 is 10.4 Å². The van der Waals surface area contributed by atoms with E-state index < -0.39 is 11.7 Å². The van der Waals surface area contributed by atoms with Crippen molar-refractivity contribution in [2.45, 2.75) is 12.7 Å². The zero-order valence-electron chi connectivity index (χ0n) is 17.1. The van der Waals surface area contributed by atoms with E-state index in [9.17, 15) is 18.0 Å². The van der Waals surface area contributed by atoms with Gasteiger partial charge in [-0.2, -0.15) is 18.7 Å². The Morgan fingerprint density at radius 3 is 2.55 bits per heavy atom. The molecule has 0 bridgehead atoms. The van der Waals surface area contributed by atoms with Crippen LogP contribution in [0.2, 0.25) is 0 Å². The van der Waals surface area contributed by atoms with Crippen LogP contribution in [0.25, 0.3) is 16.6 Å². The van der Waals surface area contributed by atoms with Crippen LogP contribution >= 0.6 is 0 Å². The molecule has 1 aliphatic rings. The second kappa shape index (κ2) is 8.24. The molecule has 2 heterocycles. The molecule has 1 fully saturated rings. The molecule has 0 radical (unpaired) electrons. The summed E-state index contributed by atoms with van der Waals surface area (Å²) < 4.78 is 46.4. The predicted octanol–water partition coefficient (Wildman–Crippen LogP) is 3.91. The average molecular weight is 433 g/mol. The van der Waals surface area contributed by atoms with Crippen LogP contribution in [0.1, 0.15) is 11.1 Å². The van der Waals surface area contributed by atoms with Gasteiger partial charge in [0.15, 0.2) is 0 Å². The number of hydrogen-bond acceptors (Lipinski definition) is 5. The number of esters is 1. The molecule has 1 aliphatic heterocycles. The van der Waals surface area contributed by atoms with Gasteiger partial charge < -0.3 is 19.0 Å². The number of nitrogens with zero attached hydrogens (tertiary/aromatic N) is 2. The standard InChI is InChI=1S/C22H22F3N3O3/c1-30-21(29)15-11-27(12-15)17-4-3-5-18(9-17)28-13-14(10-26-31-2)19-8-16(22(23,24)25)6-7-20(19)28/h3-9,13,15,26H,10-12H2,1-2H3. The van der Waals surface area contributed by atoms with E-state index in [0.717, 1.165) is 17.4 Å². The van der Waals surface area contributed by atoms with Gasteiger partial charge in [-0.1, -0.05) is 6.07 Å². The molecule has 9 heteroatoms. The van der Waals surface area contributed by atoms with Gasteiger partial charge >= 0.3 is 12.1 Å².